The van der Waals surface area contributed by atoms with E-state index in [0.717, 1.165) is 69.1 Å². The minimum atomic E-state index is 0.718. The Morgan fingerprint density at radius 2 is 1.00 bits per heavy atom. The van der Waals surface area contributed by atoms with E-state index in [2.05, 4.69) is 85.0 Å². The van der Waals surface area contributed by atoms with E-state index >= 15 is 0 Å². The van der Waals surface area contributed by atoms with Crippen LogP contribution in [0.2, 0.25) is 0 Å². The van der Waals surface area contributed by atoms with E-state index < -0.39 is 0 Å². The van der Waals surface area contributed by atoms with Crippen LogP contribution in [0.5, 0.6) is 0 Å². The largest absolute Gasteiger partial charge is 0.449 e. The second kappa shape index (κ2) is 42.8. The van der Waals surface area contributed by atoms with Crippen LogP contribution in [0.15, 0.2) is 183 Å². The Labute approximate surface area is 432 Å². The Bertz CT molecular complexity index is 2260. The van der Waals surface area contributed by atoms with Crippen LogP contribution in [0.1, 0.15) is 63.8 Å². The van der Waals surface area contributed by atoms with Gasteiger partial charge >= 0.3 is 0 Å². The summed E-state index contributed by atoms with van der Waals surface area (Å²) in [5.74, 6) is 3.34. The van der Waals surface area contributed by atoms with E-state index in [1.165, 1.54) is 11.9 Å². The molecule has 0 radical (unpaired) electrons. The molecule has 0 spiro atoms. The Morgan fingerprint density at radius 3 is 1.21 bits per heavy atom. The first-order valence-electron chi connectivity index (χ1n) is 22.2. The van der Waals surface area contributed by atoms with Gasteiger partial charge in [-0.3, -0.25) is 39.9 Å². The Kier molecular flexibility index (Phi) is 36.8. The Balaban J connectivity index is 0.000000396. The highest BCUT2D eigenvalue weighted by Gasteiger charge is 1.88. The number of thiazole rings is 2. The van der Waals surface area contributed by atoms with Crippen LogP contribution in [0.3, 0.4) is 0 Å². The van der Waals surface area contributed by atoms with Crippen molar-refractivity contribution in [3.8, 4) is 0 Å². The van der Waals surface area contributed by atoms with Crippen molar-refractivity contribution in [1.82, 2.24) is 65.0 Å². The van der Waals surface area contributed by atoms with Crippen molar-refractivity contribution in [2.75, 3.05) is 13.1 Å². The molecule has 376 valence electrons. The van der Waals surface area contributed by atoms with Gasteiger partial charge in [-0.05, 0) is 117 Å². The van der Waals surface area contributed by atoms with Crippen molar-refractivity contribution in [1.29, 1.82) is 0 Å². The van der Waals surface area contributed by atoms with Gasteiger partial charge in [-0.1, -0.05) is 12.1 Å². The van der Waals surface area contributed by atoms with E-state index in [4.69, 9.17) is 4.42 Å². The molecular formula is C52H65N17OS2. The smallest absolute Gasteiger partial charge is 0.190 e. The zero-order valence-corrected chi connectivity index (χ0v) is 44.5. The number of rotatable bonds is 0. The van der Waals surface area contributed by atoms with Gasteiger partial charge in [-0.15, -0.1) is 22.7 Å². The SMILES string of the molecule is CC1=NCC=N1.CC1=NCC=N1.Cc1ccccn1.Cc1cccnc1.Cc1cccnn1.Cc1cnccn1.Cc1cncnc1.Cc1ncccn1.Cc1ncco1.Cc1nccs1.Cc1nccs1. The van der Waals surface area contributed by atoms with E-state index in [0.29, 0.717) is 0 Å². The molecule has 0 N–H and O–H groups in total. The monoisotopic (exact) mass is 1010 g/mol. The summed E-state index contributed by atoms with van der Waals surface area (Å²) in [6.07, 6.45) is 31.0. The van der Waals surface area contributed by atoms with Crippen LogP contribution in [0.4, 0.5) is 0 Å². The number of amidine groups is 2. The van der Waals surface area contributed by atoms with E-state index in [1.54, 1.807) is 135 Å². The molecule has 2 aliphatic rings. The molecular weight excluding hydrogens is 943 g/mol. The normalized spacial score (nSPS) is 10.4. The van der Waals surface area contributed by atoms with Gasteiger partial charge in [-0.25, -0.2) is 34.9 Å². The lowest BCUT2D eigenvalue weighted by Crippen LogP contribution is -1.80. The average Bonchev–Trinajstić information content (AvgIpc) is 4.29. The molecule has 0 bridgehead atoms. The molecule has 0 saturated heterocycles. The summed E-state index contributed by atoms with van der Waals surface area (Å²) in [6, 6.07) is 15.4. The van der Waals surface area contributed by atoms with Crippen molar-refractivity contribution < 1.29 is 4.42 Å². The van der Waals surface area contributed by atoms with Gasteiger partial charge in [0.25, 0.3) is 0 Å². The van der Waals surface area contributed by atoms with E-state index in [9.17, 15) is 0 Å². The summed E-state index contributed by atoms with van der Waals surface area (Å²) < 4.78 is 4.72. The zero-order chi connectivity index (χ0) is 52.7. The predicted octanol–water partition coefficient (Wildman–Crippen LogP) is 10.8. The third kappa shape index (κ3) is 40.8. The molecule has 0 unspecified atom stereocenters. The molecule has 2 aliphatic heterocycles. The molecule has 11 heterocycles. The zero-order valence-electron chi connectivity index (χ0n) is 42.9. The molecule has 11 rings (SSSR count). The molecule has 0 aromatic carbocycles. The van der Waals surface area contributed by atoms with E-state index in [1.807, 2.05) is 129 Å². The van der Waals surface area contributed by atoms with Crippen LogP contribution in [0, 0.1) is 62.3 Å². The summed E-state index contributed by atoms with van der Waals surface area (Å²) >= 11 is 3.33. The second-order valence-electron chi connectivity index (χ2n) is 14.0. The standard InChI is InChI=1S/2C6H7N.4C5H6N2.2C4H6N2.C4H5NO.2C4H5NS/c1-6-3-2-4-7-5-6;1-6-4-2-3-5-7-6;1-5-2-6-4-7-3-5;1-5-4-6-2-3-7-5;1-5-6-3-2-4-7-5;1-5-3-2-4-6-7-5;5*1-4-5-2-3-6-4/h2*2-5H,1H3;4*2-4H,1H3;2*2H,3H2,1H3;3*2-3H,1H3. The van der Waals surface area contributed by atoms with Gasteiger partial charge < -0.3 is 4.42 Å². The highest BCUT2D eigenvalue weighted by molar-refractivity contribution is 7.09. The molecule has 0 aliphatic carbocycles. The lowest BCUT2D eigenvalue weighted by atomic mass is 10.3. The first kappa shape index (κ1) is 61.8. The minimum Gasteiger partial charge on any atom is -0.449 e. The lowest BCUT2D eigenvalue weighted by molar-refractivity contribution is 0.521. The maximum Gasteiger partial charge on any atom is 0.190 e. The summed E-state index contributed by atoms with van der Waals surface area (Å²) in [5, 5.41) is 13.6. The fourth-order valence-corrected chi connectivity index (χ4v) is 4.93. The second-order valence-corrected chi connectivity index (χ2v) is 16.2. The van der Waals surface area contributed by atoms with Gasteiger partial charge in [0.2, 0.25) is 0 Å². The topological polar surface area (TPSA) is 230 Å². The molecule has 0 amide bonds. The summed E-state index contributed by atoms with van der Waals surface area (Å²) in [5.41, 5.74) is 5.30. The number of aliphatic imine (C=N–C) groups is 4. The van der Waals surface area contributed by atoms with Crippen molar-refractivity contribution >= 4 is 46.8 Å². The maximum absolute atomic E-state index is 4.72. The molecule has 18 nitrogen and oxygen atoms in total. The number of hydrogen-bond donors (Lipinski definition) is 0. The van der Waals surface area contributed by atoms with Gasteiger partial charge in [0.05, 0.1) is 40.7 Å². The highest BCUT2D eigenvalue weighted by atomic mass is 32.1. The fraction of sp³-hybridized carbons (Fsp3) is 0.250. The van der Waals surface area contributed by atoms with Crippen LogP contribution in [-0.4, -0.2) is 102 Å². The Morgan fingerprint density at radius 1 is 0.431 bits per heavy atom. The quantitative estimate of drug-likeness (QED) is 0.138. The molecule has 20 heteroatoms. The van der Waals surface area contributed by atoms with Gasteiger partial charge in [0.1, 0.15) is 30.1 Å². The van der Waals surface area contributed by atoms with Gasteiger partial charge in [0, 0.05) is 116 Å². The number of aromatic nitrogens is 13. The van der Waals surface area contributed by atoms with Crippen molar-refractivity contribution in [2.45, 2.75) is 76.2 Å². The molecule has 0 saturated carbocycles. The number of aryl methyl sites for hydroxylation is 9. The number of oxazole rings is 1. The van der Waals surface area contributed by atoms with Gasteiger partial charge in [0.15, 0.2) is 5.89 Å². The molecule has 72 heavy (non-hydrogen) atoms. The fourth-order valence-electron chi connectivity index (χ4n) is 4.05. The molecule has 0 atom stereocenters. The van der Waals surface area contributed by atoms with Crippen LogP contribution in [-0.2, 0) is 0 Å². The molecule has 9 aromatic heterocycles. The number of hydrogen-bond acceptors (Lipinski definition) is 20. The average molecular weight is 1010 g/mol. The predicted molar refractivity (Wildman–Crippen MR) is 293 cm³/mol. The highest BCUT2D eigenvalue weighted by Crippen LogP contribution is 1.99. The summed E-state index contributed by atoms with van der Waals surface area (Å²) in [7, 11) is 0. The van der Waals surface area contributed by atoms with Crippen molar-refractivity contribution in [3.05, 3.63) is 209 Å². The maximum atomic E-state index is 4.72. The lowest BCUT2D eigenvalue weighted by Gasteiger charge is -1.82. The van der Waals surface area contributed by atoms with Crippen LogP contribution in [0.25, 0.3) is 0 Å². The third-order valence-electron chi connectivity index (χ3n) is 7.43. The first-order valence-corrected chi connectivity index (χ1v) is 23.9. The summed E-state index contributed by atoms with van der Waals surface area (Å²) in [4.78, 5) is 58.1. The molecule has 0 fully saturated rings. The first-order chi connectivity index (χ1) is 34.8. The summed E-state index contributed by atoms with van der Waals surface area (Å²) in [6.45, 7) is 22.8. The van der Waals surface area contributed by atoms with Gasteiger partial charge in [-0.2, -0.15) is 10.2 Å². The number of nitrogens with zero attached hydrogens (tertiary/aromatic N) is 17. The minimum absolute atomic E-state index is 0.718. The third-order valence-corrected chi connectivity index (χ3v) is 8.84. The van der Waals surface area contributed by atoms with Crippen molar-refractivity contribution in [2.24, 2.45) is 20.0 Å². The molecule has 9 aromatic rings. The van der Waals surface area contributed by atoms with Crippen molar-refractivity contribution in [3.63, 3.8) is 0 Å². The number of pyridine rings is 2. The Hall–Kier alpha value is -8.23. The van der Waals surface area contributed by atoms with Crippen LogP contribution < -0.4 is 0 Å². The van der Waals surface area contributed by atoms with E-state index in [-0.39, 0.29) is 0 Å². The van der Waals surface area contributed by atoms with Crippen LogP contribution >= 0.6 is 22.7 Å².